The molecule has 19 heavy (non-hydrogen) atoms. The first kappa shape index (κ1) is 13.8. The van der Waals surface area contributed by atoms with Crippen LogP contribution in [0.1, 0.15) is 22.0 Å². The van der Waals surface area contributed by atoms with E-state index < -0.39 is 0 Å². The molecule has 2 aromatic heterocycles. The summed E-state index contributed by atoms with van der Waals surface area (Å²) in [4.78, 5) is 5.19. The van der Waals surface area contributed by atoms with Gasteiger partial charge in [0.1, 0.15) is 5.01 Å². The zero-order valence-corrected chi connectivity index (χ0v) is 12.3. The molecular weight excluding hydrogens is 282 g/mol. The van der Waals surface area contributed by atoms with Gasteiger partial charge in [0.15, 0.2) is 10.2 Å². The third kappa shape index (κ3) is 3.02. The zero-order chi connectivity index (χ0) is 14.0. The largest absolute Gasteiger partial charge is 0.409 e. The van der Waals surface area contributed by atoms with Gasteiger partial charge >= 0.3 is 0 Å². The molecule has 2 rings (SSSR count). The maximum absolute atomic E-state index is 8.88. The standard InChI is InChI=1S/C11H13N5OS2/c1-5-4-8(19-11-15-14-7(3)18-11)9(6(2)13-5)10(12)16-17/h4,17H,1-3H3,(H2,12,16). The summed E-state index contributed by atoms with van der Waals surface area (Å²) in [5.41, 5.74) is 7.94. The molecule has 0 aliphatic heterocycles. The van der Waals surface area contributed by atoms with Crippen molar-refractivity contribution in [3.8, 4) is 0 Å². The van der Waals surface area contributed by atoms with E-state index in [1.807, 2.05) is 26.8 Å². The van der Waals surface area contributed by atoms with E-state index in [4.69, 9.17) is 10.9 Å². The molecule has 0 aliphatic carbocycles. The fraction of sp³-hybridized carbons (Fsp3) is 0.273. The Bertz CT molecular complexity index is 638. The van der Waals surface area contributed by atoms with E-state index in [0.717, 1.165) is 25.6 Å². The van der Waals surface area contributed by atoms with E-state index in [1.54, 1.807) is 0 Å². The lowest BCUT2D eigenvalue weighted by molar-refractivity contribution is 0.318. The highest BCUT2D eigenvalue weighted by Gasteiger charge is 2.15. The van der Waals surface area contributed by atoms with Crippen molar-refractivity contribution in [3.63, 3.8) is 0 Å². The number of oxime groups is 1. The third-order valence-corrected chi connectivity index (χ3v) is 4.29. The quantitative estimate of drug-likeness (QED) is 0.389. The van der Waals surface area contributed by atoms with Gasteiger partial charge in [0.25, 0.3) is 0 Å². The molecule has 6 nitrogen and oxygen atoms in total. The van der Waals surface area contributed by atoms with Gasteiger partial charge in [-0.2, -0.15) is 0 Å². The van der Waals surface area contributed by atoms with E-state index in [1.165, 1.54) is 23.1 Å². The van der Waals surface area contributed by atoms with Crippen LogP contribution in [0.5, 0.6) is 0 Å². The number of aryl methyl sites for hydroxylation is 3. The fourth-order valence-corrected chi connectivity index (χ4v) is 3.72. The van der Waals surface area contributed by atoms with E-state index in [-0.39, 0.29) is 5.84 Å². The van der Waals surface area contributed by atoms with Crippen LogP contribution in [0, 0.1) is 20.8 Å². The molecule has 0 bridgehead atoms. The van der Waals surface area contributed by atoms with Crippen molar-refractivity contribution in [3.05, 3.63) is 28.0 Å². The first-order valence-corrected chi connectivity index (χ1v) is 7.08. The van der Waals surface area contributed by atoms with Crippen LogP contribution in [0.3, 0.4) is 0 Å². The smallest absolute Gasteiger partial charge is 0.179 e. The average molecular weight is 295 g/mol. The van der Waals surface area contributed by atoms with Crippen LogP contribution in [0.15, 0.2) is 20.5 Å². The SMILES string of the molecule is Cc1cc(Sc2nnc(C)s2)c(/C(N)=N/O)c(C)n1. The van der Waals surface area contributed by atoms with Crippen LogP contribution in [0.25, 0.3) is 0 Å². The number of hydrogen-bond acceptors (Lipinski definition) is 7. The molecular formula is C11H13N5OS2. The van der Waals surface area contributed by atoms with Crippen LogP contribution >= 0.6 is 23.1 Å². The lowest BCUT2D eigenvalue weighted by Crippen LogP contribution is -2.17. The number of hydrogen-bond donors (Lipinski definition) is 2. The van der Waals surface area contributed by atoms with Gasteiger partial charge in [-0.25, -0.2) is 0 Å². The van der Waals surface area contributed by atoms with Gasteiger partial charge in [-0.05, 0) is 26.8 Å². The lowest BCUT2D eigenvalue weighted by atomic mass is 10.1. The second-order valence-electron chi connectivity index (χ2n) is 3.90. The van der Waals surface area contributed by atoms with E-state index in [0.29, 0.717) is 5.56 Å². The molecule has 2 heterocycles. The number of aromatic nitrogens is 3. The first-order chi connectivity index (χ1) is 9.01. The molecule has 0 spiro atoms. The van der Waals surface area contributed by atoms with E-state index >= 15 is 0 Å². The number of pyridine rings is 1. The molecule has 8 heteroatoms. The molecule has 2 aromatic rings. The predicted octanol–water partition coefficient (Wildman–Crippen LogP) is 2.10. The minimum Gasteiger partial charge on any atom is -0.409 e. The summed E-state index contributed by atoms with van der Waals surface area (Å²) in [6.45, 7) is 5.63. The van der Waals surface area contributed by atoms with Crippen molar-refractivity contribution in [2.45, 2.75) is 30.0 Å². The molecule has 0 unspecified atom stereocenters. The van der Waals surface area contributed by atoms with Gasteiger partial charge in [0, 0.05) is 16.3 Å². The third-order valence-electron chi connectivity index (χ3n) is 2.36. The second kappa shape index (κ2) is 5.54. The molecule has 100 valence electrons. The summed E-state index contributed by atoms with van der Waals surface area (Å²) in [6.07, 6.45) is 0. The minimum absolute atomic E-state index is 0.0498. The maximum Gasteiger partial charge on any atom is 0.179 e. The van der Waals surface area contributed by atoms with Crippen molar-refractivity contribution >= 4 is 28.9 Å². The van der Waals surface area contributed by atoms with Crippen LogP contribution in [0.2, 0.25) is 0 Å². The highest BCUT2D eigenvalue weighted by molar-refractivity contribution is 8.01. The summed E-state index contributed by atoms with van der Waals surface area (Å²) in [7, 11) is 0. The van der Waals surface area contributed by atoms with Gasteiger partial charge in [-0.1, -0.05) is 28.3 Å². The molecule has 3 N–H and O–H groups in total. The number of nitrogens with two attached hydrogens (primary N) is 1. The molecule has 0 amide bonds. The van der Waals surface area contributed by atoms with Crippen LogP contribution in [-0.4, -0.2) is 26.2 Å². The van der Waals surface area contributed by atoms with Gasteiger partial charge in [-0.3, -0.25) is 4.98 Å². The minimum atomic E-state index is 0.0498. The molecule has 0 radical (unpaired) electrons. The highest BCUT2D eigenvalue weighted by Crippen LogP contribution is 2.33. The molecule has 0 saturated carbocycles. The molecule has 0 fully saturated rings. The first-order valence-electron chi connectivity index (χ1n) is 5.45. The lowest BCUT2D eigenvalue weighted by Gasteiger charge is -2.10. The molecule has 0 saturated heterocycles. The number of amidine groups is 1. The van der Waals surface area contributed by atoms with Crippen molar-refractivity contribution in [1.82, 2.24) is 15.2 Å². The summed E-state index contributed by atoms with van der Waals surface area (Å²) in [5.74, 6) is 0.0498. The highest BCUT2D eigenvalue weighted by atomic mass is 32.2. The Kier molecular flexibility index (Phi) is 4.01. The van der Waals surface area contributed by atoms with Crippen LogP contribution < -0.4 is 5.73 Å². The maximum atomic E-state index is 8.88. The molecule has 0 aliphatic rings. The average Bonchev–Trinajstić information content (AvgIpc) is 2.73. The Morgan fingerprint density at radius 2 is 2.11 bits per heavy atom. The van der Waals surface area contributed by atoms with Gasteiger partial charge in [0.05, 0.1) is 5.56 Å². The Morgan fingerprint density at radius 3 is 2.68 bits per heavy atom. The van der Waals surface area contributed by atoms with Gasteiger partial charge in [-0.15, -0.1) is 10.2 Å². The number of nitrogens with zero attached hydrogens (tertiary/aromatic N) is 4. The zero-order valence-electron chi connectivity index (χ0n) is 10.7. The summed E-state index contributed by atoms with van der Waals surface area (Å²) in [6, 6.07) is 1.89. The van der Waals surface area contributed by atoms with E-state index in [2.05, 4.69) is 20.3 Å². The van der Waals surface area contributed by atoms with Crippen molar-refractivity contribution in [1.29, 1.82) is 0 Å². The second-order valence-corrected chi connectivity index (χ2v) is 6.37. The summed E-state index contributed by atoms with van der Waals surface area (Å²) in [5, 5.41) is 20.9. The molecule has 0 atom stereocenters. The normalized spacial score (nSPS) is 11.8. The number of rotatable bonds is 3. The van der Waals surface area contributed by atoms with Gasteiger partial charge < -0.3 is 10.9 Å². The monoisotopic (exact) mass is 295 g/mol. The molecule has 0 aromatic carbocycles. The Balaban J connectivity index is 2.48. The Morgan fingerprint density at radius 1 is 1.37 bits per heavy atom. The Hall–Kier alpha value is -1.67. The fourth-order valence-electron chi connectivity index (χ4n) is 1.65. The van der Waals surface area contributed by atoms with Crippen molar-refractivity contribution in [2.75, 3.05) is 0 Å². The van der Waals surface area contributed by atoms with Crippen molar-refractivity contribution < 1.29 is 5.21 Å². The Labute approximate surface area is 118 Å². The van der Waals surface area contributed by atoms with Gasteiger partial charge in [0.2, 0.25) is 0 Å². The predicted molar refractivity (Wildman–Crippen MR) is 75.0 cm³/mol. The van der Waals surface area contributed by atoms with E-state index in [9.17, 15) is 0 Å². The topological polar surface area (TPSA) is 97.3 Å². The van der Waals surface area contributed by atoms with Crippen molar-refractivity contribution in [2.24, 2.45) is 10.9 Å². The van der Waals surface area contributed by atoms with Crippen LogP contribution in [0.4, 0.5) is 0 Å². The van der Waals surface area contributed by atoms with Crippen LogP contribution in [-0.2, 0) is 0 Å². The summed E-state index contributed by atoms with van der Waals surface area (Å²) < 4.78 is 0.814. The summed E-state index contributed by atoms with van der Waals surface area (Å²) >= 11 is 2.94.